The number of aliphatic hydroxyl groups is 1. The number of aromatic nitrogens is 1. The van der Waals surface area contributed by atoms with Crippen molar-refractivity contribution in [1.29, 1.82) is 0 Å². The van der Waals surface area contributed by atoms with E-state index in [4.69, 9.17) is 5.11 Å². The summed E-state index contributed by atoms with van der Waals surface area (Å²) in [5.41, 5.74) is 0.979. The number of halogens is 3. The van der Waals surface area contributed by atoms with Crippen molar-refractivity contribution in [2.45, 2.75) is 31.9 Å². The van der Waals surface area contributed by atoms with Gasteiger partial charge >= 0.3 is 6.18 Å². The first-order valence-electron chi connectivity index (χ1n) is 7.06. The van der Waals surface area contributed by atoms with Gasteiger partial charge < -0.3 is 10.4 Å². The van der Waals surface area contributed by atoms with Crippen LogP contribution in [0.1, 0.15) is 23.4 Å². The van der Waals surface area contributed by atoms with Crippen molar-refractivity contribution in [3.63, 3.8) is 0 Å². The van der Waals surface area contributed by atoms with Gasteiger partial charge in [-0.1, -0.05) is 0 Å². The Bertz CT molecular complexity index is 498. The molecule has 1 heterocycles. The third kappa shape index (κ3) is 5.22. The smallest absolute Gasteiger partial charge is 0.396 e. The number of carbonyl (C=O) groups excluding carboxylic acids is 1. The van der Waals surface area contributed by atoms with E-state index in [9.17, 15) is 18.0 Å². The molecule has 1 aliphatic rings. The summed E-state index contributed by atoms with van der Waals surface area (Å²) in [6.45, 7) is -1.74. The number of hydrogen-bond donors (Lipinski definition) is 2. The molecule has 0 aromatic carbocycles. The molecule has 22 heavy (non-hydrogen) atoms. The highest BCUT2D eigenvalue weighted by atomic mass is 32.1. The lowest BCUT2D eigenvalue weighted by molar-refractivity contribution is -0.148. The summed E-state index contributed by atoms with van der Waals surface area (Å²) in [7, 11) is 0. The van der Waals surface area contributed by atoms with Gasteiger partial charge in [0.15, 0.2) is 5.13 Å². The number of amides is 1. The monoisotopic (exact) mass is 337 g/mol. The van der Waals surface area contributed by atoms with Gasteiger partial charge in [0.25, 0.3) is 0 Å². The Labute approximate surface area is 130 Å². The van der Waals surface area contributed by atoms with Crippen molar-refractivity contribution in [2.24, 2.45) is 0 Å². The average Bonchev–Trinajstić information content (AvgIpc) is 2.94. The molecular weight excluding hydrogens is 319 g/mol. The minimum atomic E-state index is -4.38. The van der Waals surface area contributed by atoms with Crippen LogP contribution in [-0.4, -0.2) is 53.3 Å². The molecule has 0 unspecified atom stereocenters. The highest BCUT2D eigenvalue weighted by Crippen LogP contribution is 2.30. The standard InChI is InChI=1S/C13H18F3N3O2S/c14-13(15,16)8-19(5-2-6-20)7-11(21)18-12-17-9-3-1-4-10(9)22-12/h20H,1-8H2,(H,17,18,21). The first kappa shape index (κ1) is 17.2. The van der Waals surface area contributed by atoms with Crippen LogP contribution in [0.25, 0.3) is 0 Å². The van der Waals surface area contributed by atoms with Crippen LogP contribution in [0.5, 0.6) is 0 Å². The second-order valence-corrected chi connectivity index (χ2v) is 6.28. The number of hydrogen-bond acceptors (Lipinski definition) is 5. The molecular formula is C13H18F3N3O2S. The fraction of sp³-hybridized carbons (Fsp3) is 0.692. The number of alkyl halides is 3. The minimum absolute atomic E-state index is 0.0117. The number of anilines is 1. The molecule has 2 N–H and O–H groups in total. The molecule has 0 fully saturated rings. The fourth-order valence-corrected chi connectivity index (χ4v) is 3.43. The summed E-state index contributed by atoms with van der Waals surface area (Å²) in [5, 5.41) is 11.7. The van der Waals surface area contributed by atoms with Gasteiger partial charge in [-0.05, 0) is 25.7 Å². The van der Waals surface area contributed by atoms with Crippen molar-refractivity contribution in [2.75, 3.05) is 31.6 Å². The van der Waals surface area contributed by atoms with Crippen LogP contribution in [0.3, 0.4) is 0 Å². The van der Waals surface area contributed by atoms with Crippen LogP contribution in [0.4, 0.5) is 18.3 Å². The predicted molar refractivity (Wildman–Crippen MR) is 77.0 cm³/mol. The molecule has 0 bridgehead atoms. The Hall–Kier alpha value is -1.19. The minimum Gasteiger partial charge on any atom is -0.396 e. The normalized spacial score (nSPS) is 14.4. The number of nitrogens with zero attached hydrogens (tertiary/aromatic N) is 2. The Morgan fingerprint density at radius 2 is 2.18 bits per heavy atom. The largest absolute Gasteiger partial charge is 0.401 e. The summed E-state index contributed by atoms with van der Waals surface area (Å²) in [4.78, 5) is 18.3. The van der Waals surface area contributed by atoms with Gasteiger partial charge in [-0.3, -0.25) is 9.69 Å². The molecule has 0 aliphatic heterocycles. The zero-order chi connectivity index (χ0) is 16.2. The second kappa shape index (κ2) is 7.38. The van der Waals surface area contributed by atoms with Gasteiger partial charge in [0, 0.05) is 18.0 Å². The number of aliphatic hydroxyl groups excluding tert-OH is 1. The SMILES string of the molecule is O=C(CN(CCCO)CC(F)(F)F)Nc1nc2c(s1)CCC2. The summed E-state index contributed by atoms with van der Waals surface area (Å²) < 4.78 is 37.4. The van der Waals surface area contributed by atoms with E-state index in [1.165, 1.54) is 11.3 Å². The molecule has 0 spiro atoms. The van der Waals surface area contributed by atoms with E-state index in [2.05, 4.69) is 10.3 Å². The van der Waals surface area contributed by atoms with Crippen molar-refractivity contribution in [3.8, 4) is 0 Å². The second-order valence-electron chi connectivity index (χ2n) is 5.19. The number of aryl methyl sites for hydroxylation is 2. The van der Waals surface area contributed by atoms with Gasteiger partial charge in [0.05, 0.1) is 18.8 Å². The number of carbonyl (C=O) groups is 1. The maximum atomic E-state index is 12.5. The molecule has 9 heteroatoms. The maximum absolute atomic E-state index is 12.5. The van der Waals surface area contributed by atoms with Crippen molar-refractivity contribution >= 4 is 22.4 Å². The van der Waals surface area contributed by atoms with E-state index in [-0.39, 0.29) is 26.1 Å². The van der Waals surface area contributed by atoms with Crippen LogP contribution in [0.2, 0.25) is 0 Å². The van der Waals surface area contributed by atoms with Gasteiger partial charge in [-0.2, -0.15) is 13.2 Å². The molecule has 0 radical (unpaired) electrons. The Kier molecular flexibility index (Phi) is 5.76. The number of fused-ring (bicyclic) bond motifs is 1. The molecule has 2 rings (SSSR count). The van der Waals surface area contributed by atoms with Crippen LogP contribution in [0.15, 0.2) is 0 Å². The van der Waals surface area contributed by atoms with Crippen LogP contribution in [-0.2, 0) is 17.6 Å². The Morgan fingerprint density at radius 1 is 1.41 bits per heavy atom. The molecule has 1 amide bonds. The van der Waals surface area contributed by atoms with Crippen molar-refractivity contribution in [1.82, 2.24) is 9.88 Å². The average molecular weight is 337 g/mol. The number of thiazole rings is 1. The molecule has 5 nitrogen and oxygen atoms in total. The molecule has 1 aromatic heterocycles. The summed E-state index contributed by atoms with van der Waals surface area (Å²) in [6, 6.07) is 0. The number of nitrogens with one attached hydrogen (secondary N) is 1. The van der Waals surface area contributed by atoms with Gasteiger partial charge in [0.2, 0.25) is 5.91 Å². The fourth-order valence-electron chi connectivity index (χ4n) is 2.37. The van der Waals surface area contributed by atoms with E-state index in [0.717, 1.165) is 34.7 Å². The van der Waals surface area contributed by atoms with Gasteiger partial charge in [-0.25, -0.2) is 4.98 Å². The van der Waals surface area contributed by atoms with Gasteiger partial charge in [-0.15, -0.1) is 11.3 Å². The Morgan fingerprint density at radius 3 is 2.82 bits per heavy atom. The van der Waals surface area contributed by atoms with Crippen LogP contribution in [0, 0.1) is 0 Å². The summed E-state index contributed by atoms with van der Waals surface area (Å²) >= 11 is 1.38. The number of rotatable bonds is 7. The van der Waals surface area contributed by atoms with E-state index in [1.807, 2.05) is 0 Å². The van der Waals surface area contributed by atoms with Crippen molar-refractivity contribution < 1.29 is 23.1 Å². The van der Waals surface area contributed by atoms with E-state index < -0.39 is 18.6 Å². The van der Waals surface area contributed by atoms with Crippen LogP contribution < -0.4 is 5.32 Å². The third-order valence-corrected chi connectivity index (χ3v) is 4.32. The predicted octanol–water partition coefficient (Wildman–Crippen LogP) is 1.82. The maximum Gasteiger partial charge on any atom is 0.401 e. The first-order valence-corrected chi connectivity index (χ1v) is 7.87. The van der Waals surface area contributed by atoms with E-state index in [1.54, 1.807) is 0 Å². The zero-order valence-electron chi connectivity index (χ0n) is 11.9. The molecule has 0 atom stereocenters. The summed E-state index contributed by atoms with van der Waals surface area (Å²) in [6.07, 6.45) is -1.30. The Balaban J connectivity index is 1.88. The third-order valence-electron chi connectivity index (χ3n) is 3.24. The lowest BCUT2D eigenvalue weighted by Gasteiger charge is -2.22. The molecule has 1 aliphatic carbocycles. The molecule has 0 saturated carbocycles. The molecule has 124 valence electrons. The first-order chi connectivity index (χ1) is 10.4. The lowest BCUT2D eigenvalue weighted by Crippen LogP contribution is -2.40. The van der Waals surface area contributed by atoms with Crippen LogP contribution >= 0.6 is 11.3 Å². The lowest BCUT2D eigenvalue weighted by atomic mass is 10.3. The highest BCUT2D eigenvalue weighted by Gasteiger charge is 2.31. The topological polar surface area (TPSA) is 65.5 Å². The van der Waals surface area contributed by atoms with E-state index >= 15 is 0 Å². The quantitative estimate of drug-likeness (QED) is 0.797. The summed E-state index contributed by atoms with van der Waals surface area (Å²) in [5.74, 6) is -0.519. The molecule has 1 aromatic rings. The van der Waals surface area contributed by atoms with E-state index in [0.29, 0.717) is 5.13 Å². The van der Waals surface area contributed by atoms with Crippen molar-refractivity contribution in [3.05, 3.63) is 10.6 Å². The molecule has 0 saturated heterocycles. The highest BCUT2D eigenvalue weighted by molar-refractivity contribution is 7.15. The zero-order valence-corrected chi connectivity index (χ0v) is 12.8. The van der Waals surface area contributed by atoms with Gasteiger partial charge in [0.1, 0.15) is 0 Å².